The van der Waals surface area contributed by atoms with Crippen molar-refractivity contribution in [2.45, 2.75) is 37.8 Å². The van der Waals surface area contributed by atoms with Crippen molar-refractivity contribution in [2.75, 3.05) is 17.4 Å². The van der Waals surface area contributed by atoms with Crippen LogP contribution in [0, 0.1) is 12.7 Å². The van der Waals surface area contributed by atoms with Gasteiger partial charge in [-0.2, -0.15) is 0 Å². The molecule has 0 saturated heterocycles. The highest BCUT2D eigenvalue weighted by atomic mass is 32.2. The Morgan fingerprint density at radius 2 is 1.38 bits per heavy atom. The zero-order valence-corrected chi connectivity index (χ0v) is 24.4. The number of halogens is 1. The van der Waals surface area contributed by atoms with Crippen molar-refractivity contribution in [1.29, 1.82) is 0 Å². The van der Waals surface area contributed by atoms with E-state index in [1.807, 2.05) is 67.6 Å². The molecule has 0 bridgehead atoms. The molecule has 0 spiro atoms. The molecular weight excluding hydrogens is 553 g/mol. The first-order chi connectivity index (χ1) is 20.2. The summed E-state index contributed by atoms with van der Waals surface area (Å²) in [5, 5.41) is 2.83. The van der Waals surface area contributed by atoms with E-state index in [9.17, 15) is 22.4 Å². The van der Waals surface area contributed by atoms with Crippen molar-refractivity contribution >= 4 is 27.5 Å². The summed E-state index contributed by atoms with van der Waals surface area (Å²) >= 11 is 0. The van der Waals surface area contributed by atoms with Crippen LogP contribution in [0.5, 0.6) is 0 Å². The predicted octanol–water partition coefficient (Wildman–Crippen LogP) is 5.11. The summed E-state index contributed by atoms with van der Waals surface area (Å²) < 4.78 is 42.7. The van der Waals surface area contributed by atoms with Crippen molar-refractivity contribution in [2.24, 2.45) is 0 Å². The molecule has 1 atom stereocenters. The summed E-state index contributed by atoms with van der Waals surface area (Å²) in [7, 11) is -4.24. The van der Waals surface area contributed by atoms with Gasteiger partial charge in [0.25, 0.3) is 10.0 Å². The molecule has 2 amide bonds. The van der Waals surface area contributed by atoms with Gasteiger partial charge >= 0.3 is 0 Å². The van der Waals surface area contributed by atoms with E-state index in [2.05, 4.69) is 5.32 Å². The Bertz CT molecular complexity index is 1580. The summed E-state index contributed by atoms with van der Waals surface area (Å²) in [5.41, 5.74) is 2.63. The molecule has 0 aliphatic heterocycles. The molecule has 218 valence electrons. The first-order valence-electron chi connectivity index (χ1n) is 13.7. The first kappa shape index (κ1) is 30.5. The highest BCUT2D eigenvalue weighted by Gasteiger charge is 2.34. The van der Waals surface area contributed by atoms with E-state index in [1.165, 1.54) is 29.2 Å². The third-order valence-corrected chi connectivity index (χ3v) is 8.61. The molecule has 0 aromatic heterocycles. The van der Waals surface area contributed by atoms with Crippen LogP contribution in [0.25, 0.3) is 0 Å². The van der Waals surface area contributed by atoms with Gasteiger partial charge in [-0.15, -0.1) is 0 Å². The number of carbonyl (C=O) groups excluding carboxylic acids is 2. The number of hydrogen-bond donors (Lipinski definition) is 1. The molecule has 7 nitrogen and oxygen atoms in total. The molecule has 9 heteroatoms. The minimum absolute atomic E-state index is 0.00982. The van der Waals surface area contributed by atoms with Gasteiger partial charge in [0.2, 0.25) is 11.8 Å². The van der Waals surface area contributed by atoms with Crippen molar-refractivity contribution in [3.63, 3.8) is 0 Å². The summed E-state index contributed by atoms with van der Waals surface area (Å²) in [6.07, 6.45) is 0.229. The van der Waals surface area contributed by atoms with E-state index in [4.69, 9.17) is 0 Å². The normalized spacial score (nSPS) is 11.9. The minimum Gasteiger partial charge on any atom is -0.355 e. The van der Waals surface area contributed by atoms with Crippen molar-refractivity contribution in [3.05, 3.63) is 132 Å². The van der Waals surface area contributed by atoms with Crippen LogP contribution in [0.4, 0.5) is 10.1 Å². The van der Waals surface area contributed by atoms with Crippen LogP contribution in [-0.2, 0) is 32.6 Å². The number of carbonyl (C=O) groups is 2. The molecule has 4 aromatic rings. The van der Waals surface area contributed by atoms with Crippen LogP contribution in [0.2, 0.25) is 0 Å². The molecule has 42 heavy (non-hydrogen) atoms. The largest absolute Gasteiger partial charge is 0.355 e. The molecule has 0 radical (unpaired) electrons. The highest BCUT2D eigenvalue weighted by Crippen LogP contribution is 2.25. The molecule has 0 heterocycles. The maximum atomic E-state index is 14.2. The predicted molar refractivity (Wildman–Crippen MR) is 162 cm³/mol. The van der Waals surface area contributed by atoms with E-state index < -0.39 is 34.3 Å². The Kier molecular flexibility index (Phi) is 10.1. The Labute approximate surface area is 246 Å². The van der Waals surface area contributed by atoms with Gasteiger partial charge in [-0.3, -0.25) is 13.9 Å². The number of nitrogens with one attached hydrogen (secondary N) is 1. The van der Waals surface area contributed by atoms with E-state index in [-0.39, 0.29) is 29.5 Å². The molecule has 0 saturated carbocycles. The second-order valence-corrected chi connectivity index (χ2v) is 11.8. The number of anilines is 1. The number of hydrogen-bond acceptors (Lipinski definition) is 4. The van der Waals surface area contributed by atoms with Gasteiger partial charge in [-0.25, -0.2) is 12.8 Å². The lowest BCUT2D eigenvalue weighted by atomic mass is 10.0. The van der Waals surface area contributed by atoms with E-state index in [0.717, 1.165) is 33.1 Å². The Morgan fingerprint density at radius 1 is 0.810 bits per heavy atom. The molecule has 0 unspecified atom stereocenters. The maximum Gasteiger partial charge on any atom is 0.264 e. The average molecular weight is 588 g/mol. The molecule has 4 rings (SSSR count). The number of aryl methyl sites for hydroxylation is 1. The van der Waals surface area contributed by atoms with Crippen LogP contribution in [0.15, 0.2) is 114 Å². The summed E-state index contributed by atoms with van der Waals surface area (Å²) in [5.74, 6) is -1.46. The van der Waals surface area contributed by atoms with Gasteiger partial charge in [-0.1, -0.05) is 78.4 Å². The third kappa shape index (κ3) is 7.61. The number of likely N-dealkylation sites (N-methyl/N-ethyl adjacent to an activating group) is 1. The third-order valence-electron chi connectivity index (χ3n) is 6.82. The SMILES string of the molecule is CCNC(=O)[C@H](Cc1ccccc1)N(Cc1ccccc1)C(=O)CN(c1ccc(F)cc1)S(=O)(=O)c1ccc(C)cc1. The van der Waals surface area contributed by atoms with Crippen molar-refractivity contribution < 1.29 is 22.4 Å². The van der Waals surface area contributed by atoms with Gasteiger partial charge in [-0.05, 0) is 61.4 Å². The van der Waals surface area contributed by atoms with Crippen LogP contribution in [0.1, 0.15) is 23.6 Å². The van der Waals surface area contributed by atoms with E-state index in [1.54, 1.807) is 19.1 Å². The summed E-state index contributed by atoms with van der Waals surface area (Å²) in [4.78, 5) is 29.1. The number of sulfonamides is 1. The first-order valence-corrected chi connectivity index (χ1v) is 15.1. The average Bonchev–Trinajstić information content (AvgIpc) is 2.99. The van der Waals surface area contributed by atoms with Gasteiger partial charge in [0.05, 0.1) is 10.6 Å². The Hall–Kier alpha value is -4.50. The fraction of sp³-hybridized carbons (Fsp3) is 0.212. The maximum absolute atomic E-state index is 14.2. The summed E-state index contributed by atoms with van der Waals surface area (Å²) in [6, 6.07) is 28.9. The zero-order chi connectivity index (χ0) is 30.1. The van der Waals surface area contributed by atoms with Gasteiger partial charge in [0.15, 0.2) is 0 Å². The van der Waals surface area contributed by atoms with E-state index >= 15 is 0 Å². The standard InChI is InChI=1S/C33H34FN3O4S/c1-3-35-33(39)31(22-26-10-6-4-7-11-26)36(23-27-12-8-5-9-13-27)32(38)24-37(29-18-16-28(34)17-19-29)42(40,41)30-20-14-25(2)15-21-30/h4-21,31H,3,22-24H2,1-2H3,(H,35,39)/t31-/m0/s1. The van der Waals surface area contributed by atoms with Gasteiger partial charge in [0, 0.05) is 19.5 Å². The monoisotopic (exact) mass is 587 g/mol. The summed E-state index contributed by atoms with van der Waals surface area (Å²) in [6.45, 7) is 3.48. The van der Waals surface area contributed by atoms with Crippen LogP contribution in [0.3, 0.4) is 0 Å². The fourth-order valence-electron chi connectivity index (χ4n) is 4.60. The number of nitrogens with zero attached hydrogens (tertiary/aromatic N) is 2. The molecule has 0 aliphatic carbocycles. The second-order valence-electron chi connectivity index (χ2n) is 9.91. The Morgan fingerprint density at radius 3 is 1.95 bits per heavy atom. The number of benzene rings is 4. The molecule has 4 aromatic carbocycles. The zero-order valence-electron chi connectivity index (χ0n) is 23.6. The number of rotatable bonds is 12. The van der Waals surface area contributed by atoms with Crippen LogP contribution < -0.4 is 9.62 Å². The second kappa shape index (κ2) is 13.9. The quantitative estimate of drug-likeness (QED) is 0.250. The number of amides is 2. The van der Waals surface area contributed by atoms with E-state index in [0.29, 0.717) is 6.54 Å². The lowest BCUT2D eigenvalue weighted by Crippen LogP contribution is -2.53. The van der Waals surface area contributed by atoms with Gasteiger partial charge < -0.3 is 10.2 Å². The van der Waals surface area contributed by atoms with Crippen LogP contribution in [-0.4, -0.2) is 44.3 Å². The molecule has 0 fully saturated rings. The van der Waals surface area contributed by atoms with Crippen LogP contribution >= 0.6 is 0 Å². The highest BCUT2D eigenvalue weighted by molar-refractivity contribution is 7.92. The van der Waals surface area contributed by atoms with Crippen molar-refractivity contribution in [3.8, 4) is 0 Å². The molecule has 1 N–H and O–H groups in total. The molecule has 0 aliphatic rings. The van der Waals surface area contributed by atoms with Crippen molar-refractivity contribution in [1.82, 2.24) is 10.2 Å². The van der Waals surface area contributed by atoms with Gasteiger partial charge in [0.1, 0.15) is 18.4 Å². The lowest BCUT2D eigenvalue weighted by molar-refractivity contribution is -0.140. The Balaban J connectivity index is 1.77. The smallest absolute Gasteiger partial charge is 0.264 e. The lowest BCUT2D eigenvalue weighted by Gasteiger charge is -2.33. The topological polar surface area (TPSA) is 86.8 Å². The molecular formula is C33H34FN3O4S. The fourth-order valence-corrected chi connectivity index (χ4v) is 6.01. The minimum atomic E-state index is -4.24.